The molecule has 0 amide bonds. The van der Waals surface area contributed by atoms with E-state index in [-0.39, 0.29) is 0 Å². The van der Waals surface area contributed by atoms with Crippen LogP contribution < -0.4 is 5.32 Å². The van der Waals surface area contributed by atoms with Gasteiger partial charge in [0.05, 0.1) is 0 Å². The summed E-state index contributed by atoms with van der Waals surface area (Å²) in [5, 5.41) is 3.31. The molecule has 0 aliphatic heterocycles. The lowest BCUT2D eigenvalue weighted by atomic mass is 10.2. The number of anilines is 1. The van der Waals surface area contributed by atoms with Crippen molar-refractivity contribution in [3.05, 3.63) is 48.2 Å². The van der Waals surface area contributed by atoms with Crippen molar-refractivity contribution in [1.29, 1.82) is 0 Å². The standard InChI is InChI=1S/C15H18N2S/c1-3-8-16-15-11-14(7-9-17-15)18-13-6-4-5-12(2)10-13/h4-7,9-11H,3,8H2,1-2H3,(H,16,17). The lowest BCUT2D eigenvalue weighted by Crippen LogP contribution is -2.01. The maximum absolute atomic E-state index is 4.31. The highest BCUT2D eigenvalue weighted by Gasteiger charge is 2.00. The number of hydrogen-bond acceptors (Lipinski definition) is 3. The minimum Gasteiger partial charge on any atom is -0.370 e. The largest absolute Gasteiger partial charge is 0.370 e. The third-order valence-electron chi connectivity index (χ3n) is 2.51. The Bertz CT molecular complexity index is 511. The molecule has 1 N–H and O–H groups in total. The molecule has 18 heavy (non-hydrogen) atoms. The number of hydrogen-bond donors (Lipinski definition) is 1. The van der Waals surface area contributed by atoms with E-state index in [1.54, 1.807) is 11.8 Å². The predicted octanol–water partition coefficient (Wildman–Crippen LogP) is 4.36. The smallest absolute Gasteiger partial charge is 0.127 e. The second-order valence-electron chi connectivity index (χ2n) is 4.22. The fourth-order valence-electron chi connectivity index (χ4n) is 1.64. The van der Waals surface area contributed by atoms with E-state index in [2.05, 4.69) is 54.5 Å². The summed E-state index contributed by atoms with van der Waals surface area (Å²) < 4.78 is 0. The maximum atomic E-state index is 4.31. The SMILES string of the molecule is CCCNc1cc(Sc2cccc(C)c2)ccn1. The molecule has 0 unspecified atom stereocenters. The van der Waals surface area contributed by atoms with Crippen molar-refractivity contribution in [3.63, 3.8) is 0 Å². The van der Waals surface area contributed by atoms with Crippen LogP contribution in [0, 0.1) is 6.92 Å². The van der Waals surface area contributed by atoms with Gasteiger partial charge in [-0.05, 0) is 37.6 Å². The third kappa shape index (κ3) is 3.77. The van der Waals surface area contributed by atoms with Gasteiger partial charge in [0.2, 0.25) is 0 Å². The zero-order valence-electron chi connectivity index (χ0n) is 10.8. The minimum atomic E-state index is 0.953. The van der Waals surface area contributed by atoms with Crippen LogP contribution in [0.3, 0.4) is 0 Å². The van der Waals surface area contributed by atoms with E-state index in [9.17, 15) is 0 Å². The number of rotatable bonds is 5. The van der Waals surface area contributed by atoms with Gasteiger partial charge in [0.1, 0.15) is 5.82 Å². The second kappa shape index (κ2) is 6.45. The molecule has 94 valence electrons. The Balaban J connectivity index is 2.09. The molecule has 0 atom stereocenters. The van der Waals surface area contributed by atoms with Crippen molar-refractivity contribution >= 4 is 17.6 Å². The van der Waals surface area contributed by atoms with Crippen LogP contribution in [0.2, 0.25) is 0 Å². The van der Waals surface area contributed by atoms with Crippen LogP contribution >= 0.6 is 11.8 Å². The predicted molar refractivity (Wildman–Crippen MR) is 78.3 cm³/mol. The van der Waals surface area contributed by atoms with Crippen LogP contribution in [0.1, 0.15) is 18.9 Å². The number of nitrogens with one attached hydrogen (secondary N) is 1. The van der Waals surface area contributed by atoms with Crippen LogP contribution in [0.15, 0.2) is 52.4 Å². The number of aromatic nitrogens is 1. The van der Waals surface area contributed by atoms with Crippen LogP contribution in [-0.2, 0) is 0 Å². The van der Waals surface area contributed by atoms with Crippen molar-refractivity contribution in [1.82, 2.24) is 4.98 Å². The zero-order valence-corrected chi connectivity index (χ0v) is 11.6. The molecule has 0 aliphatic rings. The van der Waals surface area contributed by atoms with Gasteiger partial charge in [0.25, 0.3) is 0 Å². The topological polar surface area (TPSA) is 24.9 Å². The summed E-state index contributed by atoms with van der Waals surface area (Å²) in [5.74, 6) is 0.953. The molecule has 2 nitrogen and oxygen atoms in total. The normalized spacial score (nSPS) is 10.3. The van der Waals surface area contributed by atoms with E-state index in [4.69, 9.17) is 0 Å². The van der Waals surface area contributed by atoms with Gasteiger partial charge in [-0.25, -0.2) is 4.98 Å². The van der Waals surface area contributed by atoms with Gasteiger partial charge in [-0.3, -0.25) is 0 Å². The Morgan fingerprint density at radius 2 is 2.00 bits per heavy atom. The first-order valence-corrected chi connectivity index (χ1v) is 7.04. The summed E-state index contributed by atoms with van der Waals surface area (Å²) in [7, 11) is 0. The summed E-state index contributed by atoms with van der Waals surface area (Å²) in [6.07, 6.45) is 2.97. The molecule has 1 aromatic carbocycles. The quantitative estimate of drug-likeness (QED) is 0.862. The van der Waals surface area contributed by atoms with Gasteiger partial charge in [0, 0.05) is 22.5 Å². The van der Waals surface area contributed by atoms with Crippen molar-refractivity contribution in [3.8, 4) is 0 Å². The number of aryl methyl sites for hydroxylation is 1. The molecule has 0 aliphatic carbocycles. The van der Waals surface area contributed by atoms with Crippen molar-refractivity contribution < 1.29 is 0 Å². The summed E-state index contributed by atoms with van der Waals surface area (Å²) >= 11 is 1.77. The highest BCUT2D eigenvalue weighted by atomic mass is 32.2. The van der Waals surface area contributed by atoms with Crippen molar-refractivity contribution in [2.24, 2.45) is 0 Å². The van der Waals surface area contributed by atoms with E-state index in [0.717, 1.165) is 18.8 Å². The fraction of sp³-hybridized carbons (Fsp3) is 0.267. The monoisotopic (exact) mass is 258 g/mol. The molecule has 0 bridgehead atoms. The van der Waals surface area contributed by atoms with Crippen molar-refractivity contribution in [2.75, 3.05) is 11.9 Å². The Morgan fingerprint density at radius 3 is 2.78 bits per heavy atom. The van der Waals surface area contributed by atoms with E-state index in [1.807, 2.05) is 12.3 Å². The van der Waals surface area contributed by atoms with Gasteiger partial charge < -0.3 is 5.32 Å². The lowest BCUT2D eigenvalue weighted by molar-refractivity contribution is 0.967. The first kappa shape index (κ1) is 13.0. The molecule has 0 radical (unpaired) electrons. The number of pyridine rings is 1. The molecular weight excluding hydrogens is 240 g/mol. The summed E-state index contributed by atoms with van der Waals surface area (Å²) in [4.78, 5) is 6.79. The molecule has 0 fully saturated rings. The highest BCUT2D eigenvalue weighted by Crippen LogP contribution is 2.28. The van der Waals surface area contributed by atoms with Gasteiger partial charge in [0.15, 0.2) is 0 Å². The van der Waals surface area contributed by atoms with Crippen LogP contribution in [0.4, 0.5) is 5.82 Å². The lowest BCUT2D eigenvalue weighted by Gasteiger charge is -2.06. The number of nitrogens with zero attached hydrogens (tertiary/aromatic N) is 1. The first-order chi connectivity index (χ1) is 8.78. The average molecular weight is 258 g/mol. The Morgan fingerprint density at radius 1 is 1.17 bits per heavy atom. The molecule has 1 aromatic heterocycles. The fourth-order valence-corrected chi connectivity index (χ4v) is 2.60. The van der Waals surface area contributed by atoms with Gasteiger partial charge in [-0.1, -0.05) is 36.4 Å². The van der Waals surface area contributed by atoms with Crippen LogP contribution in [-0.4, -0.2) is 11.5 Å². The van der Waals surface area contributed by atoms with E-state index in [1.165, 1.54) is 15.4 Å². The zero-order chi connectivity index (χ0) is 12.8. The van der Waals surface area contributed by atoms with E-state index >= 15 is 0 Å². The van der Waals surface area contributed by atoms with E-state index < -0.39 is 0 Å². The third-order valence-corrected chi connectivity index (χ3v) is 3.49. The minimum absolute atomic E-state index is 0.953. The van der Waals surface area contributed by atoms with Crippen LogP contribution in [0.25, 0.3) is 0 Å². The molecule has 0 saturated carbocycles. The summed E-state index contributed by atoms with van der Waals surface area (Å²) in [6.45, 7) is 5.23. The molecule has 2 aromatic rings. The molecule has 0 spiro atoms. The Labute approximate surface area is 113 Å². The summed E-state index contributed by atoms with van der Waals surface area (Å²) in [5.41, 5.74) is 1.29. The molecule has 1 heterocycles. The van der Waals surface area contributed by atoms with Crippen LogP contribution in [0.5, 0.6) is 0 Å². The van der Waals surface area contributed by atoms with Gasteiger partial charge in [-0.15, -0.1) is 0 Å². The Kier molecular flexibility index (Phi) is 4.65. The molecule has 3 heteroatoms. The van der Waals surface area contributed by atoms with Gasteiger partial charge in [-0.2, -0.15) is 0 Å². The van der Waals surface area contributed by atoms with Crippen molar-refractivity contribution in [2.45, 2.75) is 30.1 Å². The highest BCUT2D eigenvalue weighted by molar-refractivity contribution is 7.99. The molecule has 0 saturated heterocycles. The molecule has 2 rings (SSSR count). The number of benzene rings is 1. The molecular formula is C15H18N2S. The maximum Gasteiger partial charge on any atom is 0.127 e. The average Bonchev–Trinajstić information content (AvgIpc) is 2.37. The first-order valence-electron chi connectivity index (χ1n) is 6.22. The Hall–Kier alpha value is -1.48. The summed E-state index contributed by atoms with van der Waals surface area (Å²) in [6, 6.07) is 12.7. The second-order valence-corrected chi connectivity index (χ2v) is 5.37. The van der Waals surface area contributed by atoms with E-state index in [0.29, 0.717) is 0 Å². The van der Waals surface area contributed by atoms with Gasteiger partial charge >= 0.3 is 0 Å².